The molecule has 1 aromatic rings. The highest BCUT2D eigenvalue weighted by Crippen LogP contribution is 2.54. The zero-order chi connectivity index (χ0) is 14.3. The minimum absolute atomic E-state index is 0.218. The van der Waals surface area contributed by atoms with Gasteiger partial charge in [0.25, 0.3) is 0 Å². The largest absolute Gasteiger partial charge is 0.497 e. The second kappa shape index (κ2) is 4.55. The van der Waals surface area contributed by atoms with Gasteiger partial charge in [-0.15, -0.1) is 0 Å². The summed E-state index contributed by atoms with van der Waals surface area (Å²) in [5.41, 5.74) is 0.460. The molecule has 0 heterocycles. The van der Waals surface area contributed by atoms with Crippen LogP contribution >= 0.6 is 0 Å². The maximum Gasteiger partial charge on any atom is 0.139 e. The van der Waals surface area contributed by atoms with Gasteiger partial charge in [0, 0.05) is 22.8 Å². The quantitative estimate of drug-likeness (QED) is 0.838. The Bertz CT molecular complexity index is 505. The number of methoxy groups -OCH3 is 2. The number of hydrogen-bond acceptors (Lipinski definition) is 3. The van der Waals surface area contributed by atoms with Crippen molar-refractivity contribution in [3.8, 4) is 11.5 Å². The first-order valence-corrected chi connectivity index (χ1v) is 6.62. The van der Waals surface area contributed by atoms with Gasteiger partial charge in [-0.1, -0.05) is 20.8 Å². The fourth-order valence-electron chi connectivity index (χ4n) is 3.01. The van der Waals surface area contributed by atoms with E-state index in [2.05, 4.69) is 6.92 Å². The van der Waals surface area contributed by atoms with Gasteiger partial charge in [-0.25, -0.2) is 0 Å². The molecule has 3 heteroatoms. The van der Waals surface area contributed by atoms with Gasteiger partial charge in [-0.05, 0) is 24.6 Å². The van der Waals surface area contributed by atoms with Crippen molar-refractivity contribution < 1.29 is 14.3 Å². The first-order valence-electron chi connectivity index (χ1n) is 6.62. The monoisotopic (exact) mass is 262 g/mol. The summed E-state index contributed by atoms with van der Waals surface area (Å²) in [6.45, 7) is 6.21. The molecule has 1 atom stereocenters. The average molecular weight is 262 g/mol. The fraction of sp³-hybridized carbons (Fsp3) is 0.562. The molecule has 3 nitrogen and oxygen atoms in total. The van der Waals surface area contributed by atoms with Gasteiger partial charge in [-0.2, -0.15) is 0 Å². The molecular weight excluding hydrogens is 240 g/mol. The molecule has 104 valence electrons. The lowest BCUT2D eigenvalue weighted by Gasteiger charge is -2.38. The second-order valence-electron chi connectivity index (χ2n) is 5.95. The van der Waals surface area contributed by atoms with E-state index < -0.39 is 0 Å². The zero-order valence-electron chi connectivity index (χ0n) is 12.4. The van der Waals surface area contributed by atoms with E-state index in [1.807, 2.05) is 32.0 Å². The molecular formula is C16H22O3. The number of carbonyl (C=O) groups is 1. The van der Waals surface area contributed by atoms with Crippen molar-refractivity contribution in [2.45, 2.75) is 39.0 Å². The van der Waals surface area contributed by atoms with Gasteiger partial charge in [0.05, 0.1) is 14.2 Å². The highest BCUT2D eigenvalue weighted by atomic mass is 16.5. The van der Waals surface area contributed by atoms with Crippen LogP contribution in [0.5, 0.6) is 11.5 Å². The minimum atomic E-state index is -0.382. The molecule has 0 unspecified atom stereocenters. The molecule has 0 radical (unpaired) electrons. The molecule has 0 aliphatic heterocycles. The molecule has 0 aromatic heterocycles. The van der Waals surface area contributed by atoms with Crippen molar-refractivity contribution in [1.82, 2.24) is 0 Å². The summed E-state index contributed by atoms with van der Waals surface area (Å²) in [4.78, 5) is 12.2. The van der Waals surface area contributed by atoms with Gasteiger partial charge >= 0.3 is 0 Å². The van der Waals surface area contributed by atoms with Gasteiger partial charge < -0.3 is 9.47 Å². The highest BCUT2D eigenvalue weighted by molar-refractivity contribution is 5.89. The summed E-state index contributed by atoms with van der Waals surface area (Å²) in [5, 5.41) is 0. The minimum Gasteiger partial charge on any atom is -0.497 e. The van der Waals surface area contributed by atoms with Crippen molar-refractivity contribution >= 4 is 5.78 Å². The third-order valence-corrected chi connectivity index (χ3v) is 4.93. The van der Waals surface area contributed by atoms with E-state index in [9.17, 15) is 4.79 Å². The lowest BCUT2D eigenvalue weighted by molar-refractivity contribution is -0.125. The standard InChI is InChI=1S/C16H22O3/c1-15(2)14(17)8-9-16(15,3)12-10-11(18-4)6-7-13(12)19-5/h6-7,10H,8-9H2,1-5H3/t16-/m0/s1. The van der Waals surface area contributed by atoms with Crippen LogP contribution < -0.4 is 9.47 Å². The Morgan fingerprint density at radius 3 is 2.26 bits per heavy atom. The molecule has 0 bridgehead atoms. The number of Topliss-reactive ketones (excluding diaryl/α,β-unsaturated/α-hetero) is 1. The van der Waals surface area contributed by atoms with E-state index in [0.717, 1.165) is 23.5 Å². The highest BCUT2D eigenvalue weighted by Gasteiger charge is 2.53. The molecule has 0 saturated heterocycles. The summed E-state index contributed by atoms with van der Waals surface area (Å²) in [5.74, 6) is 1.94. The lowest BCUT2D eigenvalue weighted by Crippen LogP contribution is -2.38. The van der Waals surface area contributed by atoms with Crippen molar-refractivity contribution in [2.75, 3.05) is 14.2 Å². The van der Waals surface area contributed by atoms with Crippen LogP contribution in [-0.2, 0) is 10.2 Å². The van der Waals surface area contributed by atoms with Crippen LogP contribution in [0.3, 0.4) is 0 Å². The van der Waals surface area contributed by atoms with E-state index >= 15 is 0 Å². The summed E-state index contributed by atoms with van der Waals surface area (Å²) in [7, 11) is 3.32. The zero-order valence-corrected chi connectivity index (χ0v) is 12.4. The van der Waals surface area contributed by atoms with Crippen LogP contribution in [0.2, 0.25) is 0 Å². The van der Waals surface area contributed by atoms with Crippen molar-refractivity contribution in [1.29, 1.82) is 0 Å². The van der Waals surface area contributed by atoms with Crippen LogP contribution in [0, 0.1) is 5.41 Å². The van der Waals surface area contributed by atoms with Crippen LogP contribution in [0.15, 0.2) is 18.2 Å². The van der Waals surface area contributed by atoms with Gasteiger partial charge in [0.1, 0.15) is 17.3 Å². The molecule has 1 saturated carbocycles. The topological polar surface area (TPSA) is 35.5 Å². The summed E-state index contributed by atoms with van der Waals surface area (Å²) in [6.07, 6.45) is 1.48. The summed E-state index contributed by atoms with van der Waals surface area (Å²) < 4.78 is 10.8. The first-order chi connectivity index (χ1) is 8.86. The van der Waals surface area contributed by atoms with Crippen molar-refractivity contribution in [2.24, 2.45) is 5.41 Å². The predicted octanol–water partition coefficient (Wildman–Crippen LogP) is 3.35. The van der Waals surface area contributed by atoms with Crippen molar-refractivity contribution in [3.63, 3.8) is 0 Å². The second-order valence-corrected chi connectivity index (χ2v) is 5.95. The molecule has 0 amide bonds. The van der Waals surface area contributed by atoms with Gasteiger partial charge in [0.2, 0.25) is 0 Å². The number of ether oxygens (including phenoxy) is 2. The fourth-order valence-corrected chi connectivity index (χ4v) is 3.01. The molecule has 1 fully saturated rings. The van der Waals surface area contributed by atoms with Gasteiger partial charge in [0.15, 0.2) is 0 Å². The maximum atomic E-state index is 12.2. The first kappa shape index (κ1) is 13.9. The normalized spacial score (nSPS) is 25.4. The van der Waals surface area contributed by atoms with E-state index in [1.165, 1.54) is 0 Å². The predicted molar refractivity (Wildman–Crippen MR) is 74.9 cm³/mol. The number of benzene rings is 1. The molecule has 0 N–H and O–H groups in total. The van der Waals surface area contributed by atoms with Crippen LogP contribution in [-0.4, -0.2) is 20.0 Å². The Morgan fingerprint density at radius 2 is 1.79 bits per heavy atom. The van der Waals surface area contributed by atoms with Crippen molar-refractivity contribution in [3.05, 3.63) is 23.8 Å². The number of hydrogen-bond donors (Lipinski definition) is 0. The van der Waals surface area contributed by atoms with E-state index in [1.54, 1.807) is 14.2 Å². The number of ketones is 1. The molecule has 1 aromatic carbocycles. The van der Waals surface area contributed by atoms with Gasteiger partial charge in [-0.3, -0.25) is 4.79 Å². The number of rotatable bonds is 3. The number of carbonyl (C=O) groups excluding carboxylic acids is 1. The van der Waals surface area contributed by atoms with Crippen LogP contribution in [0.1, 0.15) is 39.2 Å². The SMILES string of the molecule is COc1ccc(OC)c([C@]2(C)CCC(=O)C2(C)C)c1. The van der Waals surface area contributed by atoms with Crippen LogP contribution in [0.25, 0.3) is 0 Å². The molecule has 1 aliphatic rings. The van der Waals surface area contributed by atoms with E-state index in [0.29, 0.717) is 12.2 Å². The van der Waals surface area contributed by atoms with Crippen LogP contribution in [0.4, 0.5) is 0 Å². The summed E-state index contributed by atoms with van der Waals surface area (Å²) >= 11 is 0. The molecule has 2 rings (SSSR count). The smallest absolute Gasteiger partial charge is 0.139 e. The van der Waals surface area contributed by atoms with E-state index in [4.69, 9.17) is 9.47 Å². The molecule has 0 spiro atoms. The third kappa shape index (κ3) is 1.92. The Balaban J connectivity index is 2.60. The Morgan fingerprint density at radius 1 is 1.11 bits per heavy atom. The Kier molecular flexibility index (Phi) is 3.33. The summed E-state index contributed by atoms with van der Waals surface area (Å²) in [6, 6.07) is 5.80. The molecule has 1 aliphatic carbocycles. The average Bonchev–Trinajstić information content (AvgIpc) is 2.62. The third-order valence-electron chi connectivity index (χ3n) is 4.93. The maximum absolute atomic E-state index is 12.2. The van der Waals surface area contributed by atoms with E-state index in [-0.39, 0.29) is 10.8 Å². The Hall–Kier alpha value is -1.51. The Labute approximate surface area is 114 Å². The molecule has 19 heavy (non-hydrogen) atoms. The lowest BCUT2D eigenvalue weighted by atomic mass is 9.64.